The van der Waals surface area contributed by atoms with Crippen LogP contribution in [0.2, 0.25) is 5.02 Å². The van der Waals surface area contributed by atoms with Gasteiger partial charge in [-0.1, -0.05) is 41.9 Å². The predicted octanol–water partition coefficient (Wildman–Crippen LogP) is 5.94. The maximum Gasteiger partial charge on any atom is 0.187 e. The number of rotatable bonds is 4. The van der Waals surface area contributed by atoms with Crippen LogP contribution in [0.1, 0.15) is 0 Å². The Hall–Kier alpha value is -3.22. The van der Waals surface area contributed by atoms with Crippen LogP contribution in [-0.2, 0) is 0 Å². The van der Waals surface area contributed by atoms with E-state index in [-0.39, 0.29) is 0 Å². The number of nitrogens with zero attached hydrogens (tertiary/aromatic N) is 4. The Balaban J connectivity index is 1.41. The highest BCUT2D eigenvalue weighted by molar-refractivity contribution is 7.14. The number of nitrogens with one attached hydrogen (secondary N) is 1. The van der Waals surface area contributed by atoms with Crippen molar-refractivity contribution in [3.8, 4) is 16.9 Å². The minimum absolute atomic E-state index is 0.685. The molecular formula is C21H14ClN5S. The molecular weight excluding hydrogens is 390 g/mol. The summed E-state index contributed by atoms with van der Waals surface area (Å²) in [5, 5.41) is 16.0. The van der Waals surface area contributed by atoms with E-state index in [4.69, 9.17) is 11.6 Å². The van der Waals surface area contributed by atoms with E-state index in [1.54, 1.807) is 16.1 Å². The van der Waals surface area contributed by atoms with Gasteiger partial charge in [-0.25, -0.2) is 4.98 Å². The SMILES string of the molecule is Clc1ccc(-n2nc3ccc(Nc4nc(-c5ccccc5)cs4)cc3n2)cc1. The van der Waals surface area contributed by atoms with E-state index in [9.17, 15) is 0 Å². The molecule has 0 bridgehead atoms. The van der Waals surface area contributed by atoms with E-state index >= 15 is 0 Å². The second kappa shape index (κ2) is 7.07. The molecule has 0 fully saturated rings. The van der Waals surface area contributed by atoms with Gasteiger partial charge in [0.2, 0.25) is 0 Å². The molecule has 5 nitrogen and oxygen atoms in total. The summed E-state index contributed by atoms with van der Waals surface area (Å²) in [5.74, 6) is 0. The molecule has 28 heavy (non-hydrogen) atoms. The Labute approximate surface area is 170 Å². The van der Waals surface area contributed by atoms with Crippen molar-refractivity contribution in [2.45, 2.75) is 0 Å². The molecule has 5 rings (SSSR count). The second-order valence-electron chi connectivity index (χ2n) is 6.20. The van der Waals surface area contributed by atoms with Gasteiger partial charge >= 0.3 is 0 Å². The van der Waals surface area contributed by atoms with Crippen molar-refractivity contribution in [3.05, 3.63) is 83.2 Å². The predicted molar refractivity (Wildman–Crippen MR) is 115 cm³/mol. The lowest BCUT2D eigenvalue weighted by Gasteiger charge is -2.01. The van der Waals surface area contributed by atoms with Crippen molar-refractivity contribution < 1.29 is 0 Å². The highest BCUT2D eigenvalue weighted by Gasteiger charge is 2.08. The van der Waals surface area contributed by atoms with Gasteiger partial charge in [0.25, 0.3) is 0 Å². The number of halogens is 1. The van der Waals surface area contributed by atoms with Crippen LogP contribution in [0.5, 0.6) is 0 Å². The Bertz CT molecular complexity index is 1250. The monoisotopic (exact) mass is 403 g/mol. The van der Waals surface area contributed by atoms with Crippen LogP contribution in [-0.4, -0.2) is 20.0 Å². The third-order valence-corrected chi connectivity index (χ3v) is 5.27. The quantitative estimate of drug-likeness (QED) is 0.403. The Morgan fingerprint density at radius 2 is 1.64 bits per heavy atom. The van der Waals surface area contributed by atoms with Crippen LogP contribution in [0, 0.1) is 0 Å². The minimum atomic E-state index is 0.685. The molecule has 136 valence electrons. The average molecular weight is 404 g/mol. The van der Waals surface area contributed by atoms with Crippen molar-refractivity contribution in [2.24, 2.45) is 0 Å². The number of benzene rings is 3. The normalized spacial score (nSPS) is 11.0. The van der Waals surface area contributed by atoms with Gasteiger partial charge in [0.1, 0.15) is 11.0 Å². The van der Waals surface area contributed by atoms with Crippen LogP contribution in [0.15, 0.2) is 78.2 Å². The summed E-state index contributed by atoms with van der Waals surface area (Å²) in [6.45, 7) is 0. The van der Waals surface area contributed by atoms with Gasteiger partial charge in [0.05, 0.1) is 11.4 Å². The van der Waals surface area contributed by atoms with Crippen LogP contribution in [0.4, 0.5) is 10.8 Å². The molecule has 3 aromatic carbocycles. The molecule has 0 aliphatic rings. The zero-order valence-corrected chi connectivity index (χ0v) is 16.2. The highest BCUT2D eigenvalue weighted by Crippen LogP contribution is 2.28. The number of anilines is 2. The fourth-order valence-corrected chi connectivity index (χ4v) is 3.74. The van der Waals surface area contributed by atoms with E-state index in [1.807, 2.05) is 66.0 Å². The van der Waals surface area contributed by atoms with E-state index in [1.165, 1.54) is 0 Å². The van der Waals surface area contributed by atoms with Gasteiger partial charge in [-0.3, -0.25) is 0 Å². The van der Waals surface area contributed by atoms with E-state index in [2.05, 4.69) is 32.6 Å². The maximum absolute atomic E-state index is 5.95. The van der Waals surface area contributed by atoms with E-state index in [0.29, 0.717) is 5.02 Å². The molecule has 1 N–H and O–H groups in total. The van der Waals surface area contributed by atoms with Gasteiger partial charge in [-0.2, -0.15) is 4.80 Å². The molecule has 0 atom stereocenters. The Morgan fingerprint density at radius 3 is 2.46 bits per heavy atom. The summed E-state index contributed by atoms with van der Waals surface area (Å²) in [5.41, 5.74) is 5.48. The van der Waals surface area contributed by atoms with Crippen molar-refractivity contribution in [1.82, 2.24) is 20.0 Å². The van der Waals surface area contributed by atoms with Gasteiger partial charge in [-0.05, 0) is 42.5 Å². The number of fused-ring (bicyclic) bond motifs is 1. The molecule has 0 aliphatic carbocycles. The summed E-state index contributed by atoms with van der Waals surface area (Å²) in [4.78, 5) is 6.28. The Kier molecular flexibility index (Phi) is 4.27. The van der Waals surface area contributed by atoms with Crippen LogP contribution >= 0.6 is 22.9 Å². The lowest BCUT2D eigenvalue weighted by Crippen LogP contribution is -1.97. The molecule has 0 aliphatic heterocycles. The second-order valence-corrected chi connectivity index (χ2v) is 7.49. The first-order valence-electron chi connectivity index (χ1n) is 8.66. The summed E-state index contributed by atoms with van der Waals surface area (Å²) in [7, 11) is 0. The number of hydrogen-bond donors (Lipinski definition) is 1. The lowest BCUT2D eigenvalue weighted by atomic mass is 10.2. The van der Waals surface area contributed by atoms with Gasteiger partial charge in [-0.15, -0.1) is 21.5 Å². The van der Waals surface area contributed by atoms with Crippen molar-refractivity contribution in [1.29, 1.82) is 0 Å². The third kappa shape index (κ3) is 3.35. The number of thiazole rings is 1. The topological polar surface area (TPSA) is 55.6 Å². The minimum Gasteiger partial charge on any atom is -0.331 e. The summed E-state index contributed by atoms with van der Waals surface area (Å²) in [6, 6.07) is 23.5. The van der Waals surface area contributed by atoms with Gasteiger partial charge in [0, 0.05) is 21.7 Å². The number of hydrogen-bond acceptors (Lipinski definition) is 5. The Morgan fingerprint density at radius 1 is 0.857 bits per heavy atom. The van der Waals surface area contributed by atoms with Crippen LogP contribution in [0.3, 0.4) is 0 Å². The standard InChI is InChI=1S/C21H14ClN5S/c22-15-6-9-17(10-7-15)27-25-18-11-8-16(12-19(18)26-27)23-21-24-20(13-28-21)14-4-2-1-3-5-14/h1-13H,(H,23,24). The first-order chi connectivity index (χ1) is 13.7. The maximum atomic E-state index is 5.95. The van der Waals surface area contributed by atoms with E-state index in [0.717, 1.165) is 38.8 Å². The molecule has 0 radical (unpaired) electrons. The van der Waals surface area contributed by atoms with Crippen molar-refractivity contribution in [3.63, 3.8) is 0 Å². The lowest BCUT2D eigenvalue weighted by molar-refractivity contribution is 0.766. The zero-order chi connectivity index (χ0) is 18.9. The summed E-state index contributed by atoms with van der Waals surface area (Å²) >= 11 is 7.53. The third-order valence-electron chi connectivity index (χ3n) is 4.26. The van der Waals surface area contributed by atoms with Crippen LogP contribution in [0.25, 0.3) is 28.0 Å². The molecule has 0 spiro atoms. The first-order valence-corrected chi connectivity index (χ1v) is 9.91. The summed E-state index contributed by atoms with van der Waals surface area (Å²) < 4.78 is 0. The molecule has 2 aromatic heterocycles. The molecule has 5 aromatic rings. The van der Waals surface area contributed by atoms with Crippen LogP contribution < -0.4 is 5.32 Å². The first kappa shape index (κ1) is 16.9. The van der Waals surface area contributed by atoms with Gasteiger partial charge in [0.15, 0.2) is 5.13 Å². The van der Waals surface area contributed by atoms with Crippen molar-refractivity contribution >= 4 is 44.8 Å². The largest absolute Gasteiger partial charge is 0.331 e. The summed E-state index contributed by atoms with van der Waals surface area (Å²) in [6.07, 6.45) is 0. The molecule has 0 amide bonds. The average Bonchev–Trinajstić information content (AvgIpc) is 3.36. The van der Waals surface area contributed by atoms with Gasteiger partial charge < -0.3 is 5.32 Å². The zero-order valence-electron chi connectivity index (χ0n) is 14.6. The molecule has 0 saturated heterocycles. The molecule has 7 heteroatoms. The smallest absolute Gasteiger partial charge is 0.187 e. The van der Waals surface area contributed by atoms with E-state index < -0.39 is 0 Å². The number of aromatic nitrogens is 4. The fourth-order valence-electron chi connectivity index (χ4n) is 2.88. The highest BCUT2D eigenvalue weighted by atomic mass is 35.5. The van der Waals surface area contributed by atoms with Crippen molar-refractivity contribution in [2.75, 3.05) is 5.32 Å². The molecule has 2 heterocycles. The molecule has 0 saturated carbocycles. The fraction of sp³-hybridized carbons (Fsp3) is 0. The molecule has 0 unspecified atom stereocenters.